The first kappa shape index (κ1) is 14.0. The van der Waals surface area contributed by atoms with Gasteiger partial charge in [-0.3, -0.25) is 0 Å². The van der Waals surface area contributed by atoms with Gasteiger partial charge in [-0.2, -0.15) is 0 Å². The van der Waals surface area contributed by atoms with Crippen LogP contribution in [0.1, 0.15) is 73.4 Å². The summed E-state index contributed by atoms with van der Waals surface area (Å²) in [6.45, 7) is 7.42. The molecule has 2 nitrogen and oxygen atoms in total. The van der Waals surface area contributed by atoms with Crippen molar-refractivity contribution in [3.8, 4) is 0 Å². The Morgan fingerprint density at radius 3 is 2.50 bits per heavy atom. The van der Waals surface area contributed by atoms with E-state index in [2.05, 4.69) is 20.8 Å². The molecule has 18 heavy (non-hydrogen) atoms. The summed E-state index contributed by atoms with van der Waals surface area (Å²) in [5, 5.41) is 1.38. The van der Waals surface area contributed by atoms with Gasteiger partial charge in [0.1, 0.15) is 0 Å². The van der Waals surface area contributed by atoms with Crippen LogP contribution in [0, 0.1) is 12.8 Å². The third-order valence-electron chi connectivity index (χ3n) is 4.20. The Labute approximate surface area is 115 Å². The topological polar surface area (TPSA) is 38.9 Å². The Balaban J connectivity index is 2.19. The lowest BCUT2D eigenvalue weighted by Crippen LogP contribution is -2.17. The molecule has 1 aliphatic rings. The second kappa shape index (κ2) is 6.16. The molecule has 1 aliphatic carbocycles. The zero-order valence-electron chi connectivity index (χ0n) is 11.9. The molecule has 102 valence electrons. The first-order chi connectivity index (χ1) is 8.63. The molecule has 0 aromatic carbocycles. The lowest BCUT2D eigenvalue weighted by molar-refractivity contribution is 0.442. The highest BCUT2D eigenvalue weighted by Gasteiger charge is 2.24. The minimum absolute atomic E-state index is 0.486. The molecule has 0 radical (unpaired) electrons. The molecule has 2 N–H and O–H groups in total. The highest BCUT2D eigenvalue weighted by Crippen LogP contribution is 2.39. The molecule has 1 aromatic rings. The summed E-state index contributed by atoms with van der Waals surface area (Å²) in [6.07, 6.45) is 6.83. The molecular weight excluding hydrogens is 240 g/mol. The molecule has 1 heterocycles. The van der Waals surface area contributed by atoms with Crippen molar-refractivity contribution in [2.75, 3.05) is 6.54 Å². The van der Waals surface area contributed by atoms with Crippen LogP contribution in [-0.2, 0) is 0 Å². The minimum Gasteiger partial charge on any atom is -0.330 e. The fourth-order valence-corrected chi connectivity index (χ4v) is 4.50. The maximum absolute atomic E-state index is 5.94. The molecule has 0 aliphatic heterocycles. The number of nitrogens with zero attached hydrogens (tertiary/aromatic N) is 1. The van der Waals surface area contributed by atoms with Crippen LogP contribution >= 0.6 is 11.3 Å². The molecule has 1 unspecified atom stereocenters. The lowest BCUT2D eigenvalue weighted by atomic mass is 9.90. The predicted molar refractivity (Wildman–Crippen MR) is 79.3 cm³/mol. The van der Waals surface area contributed by atoms with Gasteiger partial charge in [0, 0.05) is 23.3 Å². The summed E-state index contributed by atoms with van der Waals surface area (Å²) in [5.41, 5.74) is 7.17. The second-order valence-corrected chi connectivity index (χ2v) is 6.99. The van der Waals surface area contributed by atoms with Gasteiger partial charge in [0.2, 0.25) is 0 Å². The van der Waals surface area contributed by atoms with E-state index in [1.54, 1.807) is 0 Å². The van der Waals surface area contributed by atoms with Crippen molar-refractivity contribution in [3.05, 3.63) is 15.6 Å². The van der Waals surface area contributed by atoms with E-state index in [0.717, 1.165) is 12.5 Å². The summed E-state index contributed by atoms with van der Waals surface area (Å²) in [7, 11) is 0. The first-order valence-corrected chi connectivity index (χ1v) is 8.12. The SMILES string of the molecule is Cc1nc(C2CCCCC2)sc1C(CN)C(C)C. The van der Waals surface area contributed by atoms with Crippen LogP contribution in [-0.4, -0.2) is 11.5 Å². The number of thiazole rings is 1. The Morgan fingerprint density at radius 2 is 1.94 bits per heavy atom. The summed E-state index contributed by atoms with van der Waals surface area (Å²) in [5.74, 6) is 1.81. The maximum Gasteiger partial charge on any atom is 0.0961 e. The largest absolute Gasteiger partial charge is 0.330 e. The molecule has 2 rings (SSSR count). The van der Waals surface area contributed by atoms with Crippen molar-refractivity contribution in [2.24, 2.45) is 11.7 Å². The zero-order valence-corrected chi connectivity index (χ0v) is 12.7. The highest BCUT2D eigenvalue weighted by molar-refractivity contribution is 7.12. The molecule has 1 aromatic heterocycles. The van der Waals surface area contributed by atoms with Gasteiger partial charge in [-0.05, 0) is 25.7 Å². The second-order valence-electron chi connectivity index (χ2n) is 5.92. The monoisotopic (exact) mass is 266 g/mol. The van der Waals surface area contributed by atoms with Crippen LogP contribution in [0.5, 0.6) is 0 Å². The van der Waals surface area contributed by atoms with E-state index >= 15 is 0 Å². The molecule has 0 bridgehead atoms. The number of rotatable bonds is 4. The average Bonchev–Trinajstić information content (AvgIpc) is 2.73. The zero-order chi connectivity index (χ0) is 13.1. The number of hydrogen-bond donors (Lipinski definition) is 1. The van der Waals surface area contributed by atoms with Crippen LogP contribution in [0.4, 0.5) is 0 Å². The van der Waals surface area contributed by atoms with E-state index in [1.165, 1.54) is 47.7 Å². The van der Waals surface area contributed by atoms with Gasteiger partial charge in [-0.1, -0.05) is 33.1 Å². The summed E-state index contributed by atoms with van der Waals surface area (Å²) >= 11 is 1.94. The molecule has 1 fully saturated rings. The normalized spacial score (nSPS) is 19.4. The Kier molecular flexibility index (Phi) is 4.79. The van der Waals surface area contributed by atoms with E-state index < -0.39 is 0 Å². The van der Waals surface area contributed by atoms with E-state index in [9.17, 15) is 0 Å². The van der Waals surface area contributed by atoms with Gasteiger partial charge in [-0.15, -0.1) is 11.3 Å². The maximum atomic E-state index is 5.94. The third kappa shape index (κ3) is 2.94. The Morgan fingerprint density at radius 1 is 1.28 bits per heavy atom. The quantitative estimate of drug-likeness (QED) is 0.887. The Hall–Kier alpha value is -0.410. The van der Waals surface area contributed by atoms with Crippen LogP contribution in [0.25, 0.3) is 0 Å². The number of hydrogen-bond acceptors (Lipinski definition) is 3. The van der Waals surface area contributed by atoms with Gasteiger partial charge < -0.3 is 5.73 Å². The van der Waals surface area contributed by atoms with Crippen molar-refractivity contribution in [1.82, 2.24) is 4.98 Å². The molecule has 3 heteroatoms. The number of aryl methyl sites for hydroxylation is 1. The van der Waals surface area contributed by atoms with Crippen molar-refractivity contribution in [3.63, 3.8) is 0 Å². The Bertz CT molecular complexity index is 378. The molecule has 0 amide bonds. The standard InChI is InChI=1S/C15H26N2S/c1-10(2)13(9-16)14-11(3)17-15(18-14)12-7-5-4-6-8-12/h10,12-13H,4-9,16H2,1-3H3. The minimum atomic E-state index is 0.486. The number of nitrogens with two attached hydrogens (primary N) is 1. The van der Waals surface area contributed by atoms with Crippen molar-refractivity contribution in [1.29, 1.82) is 0 Å². The first-order valence-electron chi connectivity index (χ1n) is 7.30. The van der Waals surface area contributed by atoms with Gasteiger partial charge in [0.05, 0.1) is 10.7 Å². The third-order valence-corrected chi connectivity index (χ3v) is 5.65. The summed E-state index contributed by atoms with van der Waals surface area (Å²) in [6, 6.07) is 0. The number of aromatic nitrogens is 1. The highest BCUT2D eigenvalue weighted by atomic mass is 32.1. The molecule has 1 saturated carbocycles. The fraction of sp³-hybridized carbons (Fsp3) is 0.800. The van der Waals surface area contributed by atoms with Crippen LogP contribution in [0.15, 0.2) is 0 Å². The van der Waals surface area contributed by atoms with Gasteiger partial charge >= 0.3 is 0 Å². The van der Waals surface area contributed by atoms with Gasteiger partial charge in [0.25, 0.3) is 0 Å². The summed E-state index contributed by atoms with van der Waals surface area (Å²) in [4.78, 5) is 6.29. The van der Waals surface area contributed by atoms with Crippen LogP contribution < -0.4 is 5.73 Å². The van der Waals surface area contributed by atoms with E-state index in [4.69, 9.17) is 10.7 Å². The average molecular weight is 266 g/mol. The molecule has 0 saturated heterocycles. The lowest BCUT2D eigenvalue weighted by Gasteiger charge is -2.19. The predicted octanol–water partition coefficient (Wildman–Crippen LogP) is 4.20. The van der Waals surface area contributed by atoms with Crippen molar-refractivity contribution in [2.45, 2.75) is 64.7 Å². The van der Waals surface area contributed by atoms with Crippen LogP contribution in [0.3, 0.4) is 0 Å². The van der Waals surface area contributed by atoms with Gasteiger partial charge in [0.15, 0.2) is 0 Å². The van der Waals surface area contributed by atoms with E-state index in [0.29, 0.717) is 11.8 Å². The fourth-order valence-electron chi connectivity index (χ4n) is 2.98. The smallest absolute Gasteiger partial charge is 0.0961 e. The molecule has 1 atom stereocenters. The van der Waals surface area contributed by atoms with Crippen molar-refractivity contribution < 1.29 is 0 Å². The van der Waals surface area contributed by atoms with Crippen LogP contribution in [0.2, 0.25) is 0 Å². The molecular formula is C15H26N2S. The van der Waals surface area contributed by atoms with Gasteiger partial charge in [-0.25, -0.2) is 4.98 Å². The van der Waals surface area contributed by atoms with E-state index in [-0.39, 0.29) is 0 Å². The summed E-state index contributed by atoms with van der Waals surface area (Å²) < 4.78 is 0. The van der Waals surface area contributed by atoms with Crippen molar-refractivity contribution >= 4 is 11.3 Å². The molecule has 0 spiro atoms. The van der Waals surface area contributed by atoms with E-state index in [1.807, 2.05) is 11.3 Å².